The van der Waals surface area contributed by atoms with Gasteiger partial charge < -0.3 is 15.6 Å². The fraction of sp³-hybridized carbons (Fsp3) is 0.200. The van der Waals surface area contributed by atoms with Crippen LogP contribution in [0.5, 0.6) is 0 Å². The largest absolute Gasteiger partial charge is 0.405 e. The summed E-state index contributed by atoms with van der Waals surface area (Å²) in [4.78, 5) is 27.1. The number of halogens is 3. The van der Waals surface area contributed by atoms with Crippen LogP contribution < -0.4 is 10.6 Å². The van der Waals surface area contributed by atoms with Crippen molar-refractivity contribution in [2.45, 2.75) is 6.18 Å². The van der Waals surface area contributed by atoms with Crippen LogP contribution >= 0.6 is 0 Å². The first-order valence-electron chi connectivity index (χ1n) is 7.25. The van der Waals surface area contributed by atoms with Crippen molar-refractivity contribution in [2.24, 2.45) is 0 Å². The molecule has 0 fully saturated rings. The van der Waals surface area contributed by atoms with Crippen LogP contribution in [0.3, 0.4) is 0 Å². The molecule has 3 N–H and O–H groups in total. The van der Waals surface area contributed by atoms with Crippen molar-refractivity contribution >= 4 is 22.8 Å². The molecule has 10 heteroatoms. The molecule has 0 saturated heterocycles. The minimum Gasteiger partial charge on any atom is -0.361 e. The van der Waals surface area contributed by atoms with Gasteiger partial charge in [-0.3, -0.25) is 4.79 Å². The Morgan fingerprint density at radius 3 is 2.76 bits per heavy atom. The number of anilines is 1. The number of carbonyl (C=O) groups is 1. The van der Waals surface area contributed by atoms with E-state index in [-0.39, 0.29) is 6.54 Å². The molecule has 0 aliphatic carbocycles. The van der Waals surface area contributed by atoms with Crippen molar-refractivity contribution in [1.82, 2.24) is 25.3 Å². The number of pyridine rings is 1. The molecular formula is C15H13F3N6O. The van der Waals surface area contributed by atoms with E-state index in [2.05, 4.69) is 25.3 Å². The molecule has 3 rings (SSSR count). The van der Waals surface area contributed by atoms with Gasteiger partial charge in [0.25, 0.3) is 0 Å². The summed E-state index contributed by atoms with van der Waals surface area (Å²) in [5, 5.41) is 5.29. The third-order valence-electron chi connectivity index (χ3n) is 3.27. The van der Waals surface area contributed by atoms with Crippen LogP contribution in [0.15, 0.2) is 36.8 Å². The van der Waals surface area contributed by atoms with Gasteiger partial charge in [-0.15, -0.1) is 0 Å². The van der Waals surface area contributed by atoms with Gasteiger partial charge in [0, 0.05) is 29.5 Å². The average Bonchev–Trinajstić information content (AvgIpc) is 3.06. The summed E-state index contributed by atoms with van der Waals surface area (Å²) < 4.78 is 36.2. The predicted octanol–water partition coefficient (Wildman–Crippen LogP) is 2.11. The van der Waals surface area contributed by atoms with Gasteiger partial charge >= 0.3 is 6.18 Å². The van der Waals surface area contributed by atoms with E-state index in [1.807, 2.05) is 6.07 Å². The number of carbonyl (C=O) groups excluding carboxylic acids is 1. The van der Waals surface area contributed by atoms with E-state index in [1.165, 1.54) is 12.3 Å². The number of aromatic amines is 1. The van der Waals surface area contributed by atoms with Gasteiger partial charge in [-0.1, -0.05) is 0 Å². The Kier molecular flexibility index (Phi) is 4.50. The lowest BCUT2D eigenvalue weighted by Crippen LogP contribution is -2.37. The van der Waals surface area contributed by atoms with E-state index in [9.17, 15) is 18.0 Å². The summed E-state index contributed by atoms with van der Waals surface area (Å²) in [6, 6.07) is 5.12. The quantitative estimate of drug-likeness (QED) is 0.655. The SMILES string of the molecule is O=C(CNc1ccnc(-c2ccnc3[nH]ccc23)n1)NCC(F)(F)F. The summed E-state index contributed by atoms with van der Waals surface area (Å²) in [7, 11) is 0. The Hall–Kier alpha value is -3.17. The molecule has 3 aromatic rings. The van der Waals surface area contributed by atoms with Gasteiger partial charge in [0.15, 0.2) is 5.82 Å². The zero-order valence-corrected chi connectivity index (χ0v) is 12.8. The van der Waals surface area contributed by atoms with E-state index in [1.54, 1.807) is 23.8 Å². The molecule has 0 spiro atoms. The van der Waals surface area contributed by atoms with Crippen LogP contribution in [0, 0.1) is 0 Å². The van der Waals surface area contributed by atoms with Gasteiger partial charge in [-0.05, 0) is 18.2 Å². The average molecular weight is 350 g/mol. The predicted molar refractivity (Wildman–Crippen MR) is 84.7 cm³/mol. The highest BCUT2D eigenvalue weighted by Crippen LogP contribution is 2.24. The number of H-pyrrole nitrogens is 1. The third kappa shape index (κ3) is 4.22. The van der Waals surface area contributed by atoms with Gasteiger partial charge in [-0.25, -0.2) is 15.0 Å². The molecule has 0 radical (unpaired) electrons. The van der Waals surface area contributed by atoms with Crippen molar-refractivity contribution in [1.29, 1.82) is 0 Å². The first-order valence-corrected chi connectivity index (χ1v) is 7.25. The van der Waals surface area contributed by atoms with Gasteiger partial charge in [0.1, 0.15) is 18.0 Å². The van der Waals surface area contributed by atoms with Gasteiger partial charge in [-0.2, -0.15) is 13.2 Å². The number of alkyl halides is 3. The summed E-state index contributed by atoms with van der Waals surface area (Å²) in [6.07, 6.45) is 0.411. The van der Waals surface area contributed by atoms with Crippen LogP contribution in [-0.4, -0.2) is 45.1 Å². The maximum atomic E-state index is 12.1. The highest BCUT2D eigenvalue weighted by Gasteiger charge is 2.27. The van der Waals surface area contributed by atoms with Crippen molar-refractivity contribution < 1.29 is 18.0 Å². The second-order valence-corrected chi connectivity index (χ2v) is 5.11. The lowest BCUT2D eigenvalue weighted by atomic mass is 10.2. The third-order valence-corrected chi connectivity index (χ3v) is 3.27. The Morgan fingerprint density at radius 1 is 1.16 bits per heavy atom. The second kappa shape index (κ2) is 6.75. The Labute approximate surface area is 139 Å². The maximum absolute atomic E-state index is 12.1. The fourth-order valence-electron chi connectivity index (χ4n) is 2.17. The molecule has 3 aromatic heterocycles. The summed E-state index contributed by atoms with van der Waals surface area (Å²) in [6.45, 7) is -1.70. The molecule has 25 heavy (non-hydrogen) atoms. The molecule has 0 aliphatic heterocycles. The molecule has 0 aliphatic rings. The number of nitrogens with one attached hydrogen (secondary N) is 3. The number of amides is 1. The molecule has 0 unspecified atom stereocenters. The first-order chi connectivity index (χ1) is 11.9. The number of rotatable bonds is 5. The summed E-state index contributed by atoms with van der Waals surface area (Å²) >= 11 is 0. The number of hydrogen-bond acceptors (Lipinski definition) is 5. The number of nitrogens with zero attached hydrogens (tertiary/aromatic N) is 3. The highest BCUT2D eigenvalue weighted by molar-refractivity contribution is 5.91. The van der Waals surface area contributed by atoms with Crippen LogP contribution in [0.4, 0.5) is 19.0 Å². The molecule has 7 nitrogen and oxygen atoms in total. The molecular weight excluding hydrogens is 337 g/mol. The molecule has 0 atom stereocenters. The number of hydrogen-bond donors (Lipinski definition) is 3. The molecule has 1 amide bonds. The molecule has 0 bridgehead atoms. The van der Waals surface area contributed by atoms with E-state index in [0.717, 1.165) is 10.9 Å². The van der Waals surface area contributed by atoms with Crippen LogP contribution in [0.1, 0.15) is 0 Å². The number of aromatic nitrogens is 4. The molecule has 130 valence electrons. The molecule has 0 saturated carbocycles. The second-order valence-electron chi connectivity index (χ2n) is 5.11. The molecule has 3 heterocycles. The molecule has 0 aromatic carbocycles. The standard InChI is InChI=1S/C15H13F3N6O/c16-15(17,18)8-23-12(25)7-22-11-3-6-21-14(24-11)10-2-5-20-13-9(10)1-4-19-13/h1-6H,7-8H2,(H,19,20)(H,23,25)(H,21,22,24). The van der Waals surface area contributed by atoms with E-state index >= 15 is 0 Å². The van der Waals surface area contributed by atoms with Crippen LogP contribution in [-0.2, 0) is 4.79 Å². The van der Waals surface area contributed by atoms with Gasteiger partial charge in [0.2, 0.25) is 5.91 Å². The lowest BCUT2D eigenvalue weighted by Gasteiger charge is -2.10. The highest BCUT2D eigenvalue weighted by atomic mass is 19.4. The Morgan fingerprint density at radius 2 is 1.96 bits per heavy atom. The minimum absolute atomic E-state index is 0.327. The topological polar surface area (TPSA) is 95.6 Å². The maximum Gasteiger partial charge on any atom is 0.405 e. The normalized spacial score (nSPS) is 11.5. The number of fused-ring (bicyclic) bond motifs is 1. The van der Waals surface area contributed by atoms with Crippen molar-refractivity contribution in [3.8, 4) is 11.4 Å². The van der Waals surface area contributed by atoms with Crippen LogP contribution in [0.2, 0.25) is 0 Å². The summed E-state index contributed by atoms with van der Waals surface area (Å²) in [5.41, 5.74) is 1.43. The minimum atomic E-state index is -4.44. The van der Waals surface area contributed by atoms with E-state index < -0.39 is 18.6 Å². The van der Waals surface area contributed by atoms with Crippen molar-refractivity contribution in [2.75, 3.05) is 18.4 Å². The van der Waals surface area contributed by atoms with Crippen molar-refractivity contribution in [3.05, 3.63) is 36.8 Å². The van der Waals surface area contributed by atoms with Gasteiger partial charge in [0.05, 0.1) is 6.54 Å². The van der Waals surface area contributed by atoms with Crippen molar-refractivity contribution in [3.63, 3.8) is 0 Å². The first kappa shape index (κ1) is 16.7. The Balaban J connectivity index is 1.70. The lowest BCUT2D eigenvalue weighted by molar-refractivity contribution is -0.137. The summed E-state index contributed by atoms with van der Waals surface area (Å²) in [5.74, 6) is -0.0465. The monoisotopic (exact) mass is 350 g/mol. The van der Waals surface area contributed by atoms with E-state index in [0.29, 0.717) is 17.3 Å². The zero-order valence-electron chi connectivity index (χ0n) is 12.8. The van der Waals surface area contributed by atoms with E-state index in [4.69, 9.17) is 0 Å². The van der Waals surface area contributed by atoms with Crippen LogP contribution in [0.25, 0.3) is 22.4 Å². The fourth-order valence-corrected chi connectivity index (χ4v) is 2.17. The smallest absolute Gasteiger partial charge is 0.361 e. The Bertz CT molecular complexity index is 892. The zero-order chi connectivity index (χ0) is 17.9.